The number of H-pyrrole nitrogens is 2. The summed E-state index contributed by atoms with van der Waals surface area (Å²) >= 11 is 5.00. The number of carbonyl (C=O) groups excluding carboxylic acids is 2. The molecule has 0 aliphatic heterocycles. The fourth-order valence-electron chi connectivity index (χ4n) is 2.52. The Hall–Kier alpha value is -3.20. The molecule has 0 saturated carbocycles. The van der Waals surface area contributed by atoms with E-state index in [2.05, 4.69) is 20.6 Å². The monoisotopic (exact) mass is 388 g/mol. The van der Waals surface area contributed by atoms with Gasteiger partial charge in [0.15, 0.2) is 11.4 Å². The van der Waals surface area contributed by atoms with Crippen LogP contribution in [0.25, 0.3) is 11.0 Å². The summed E-state index contributed by atoms with van der Waals surface area (Å²) in [4.78, 5) is 29.5. The first-order chi connectivity index (χ1) is 13.0. The molecule has 0 atom stereocenters. The normalized spacial score (nSPS) is 10.6. The van der Waals surface area contributed by atoms with Gasteiger partial charge in [-0.1, -0.05) is 0 Å². The Kier molecular flexibility index (Phi) is 5.51. The Balaban J connectivity index is 1.71. The molecule has 9 heteroatoms. The number of hydrogen-bond donors (Lipinski definition) is 4. The van der Waals surface area contributed by atoms with Crippen LogP contribution in [0.2, 0.25) is 0 Å². The summed E-state index contributed by atoms with van der Waals surface area (Å²) < 4.78 is 19.4. The van der Waals surface area contributed by atoms with Crippen molar-refractivity contribution in [1.29, 1.82) is 0 Å². The van der Waals surface area contributed by atoms with E-state index in [9.17, 15) is 14.0 Å². The van der Waals surface area contributed by atoms with Crippen LogP contribution in [0.5, 0.6) is 5.75 Å². The Bertz CT molecular complexity index is 1040. The molecule has 3 aromatic rings. The van der Waals surface area contributed by atoms with Crippen LogP contribution in [0, 0.1) is 10.6 Å². The number of fused-ring (bicyclic) bond motifs is 1. The molecule has 1 aromatic heterocycles. The van der Waals surface area contributed by atoms with Crippen molar-refractivity contribution in [3.05, 3.63) is 52.5 Å². The second kappa shape index (κ2) is 8.00. The van der Waals surface area contributed by atoms with Crippen molar-refractivity contribution in [2.24, 2.45) is 0 Å². The maximum atomic E-state index is 13.8. The molecule has 0 saturated heterocycles. The molecule has 3 rings (SSSR count). The van der Waals surface area contributed by atoms with Gasteiger partial charge < -0.3 is 25.3 Å². The van der Waals surface area contributed by atoms with Crippen LogP contribution in [0.15, 0.2) is 36.4 Å². The van der Waals surface area contributed by atoms with Gasteiger partial charge in [0.1, 0.15) is 11.6 Å². The zero-order valence-electron chi connectivity index (χ0n) is 14.4. The van der Waals surface area contributed by atoms with Crippen LogP contribution in [-0.2, 0) is 4.79 Å². The molecule has 2 aromatic carbocycles. The van der Waals surface area contributed by atoms with E-state index in [1.807, 2.05) is 6.92 Å². The molecule has 0 aliphatic rings. The molecular weight excluding hydrogens is 371 g/mol. The Morgan fingerprint density at radius 3 is 2.63 bits per heavy atom. The standard InChI is InChI=1S/C18H17FN4O3S/c1-2-20-15(24)9-26-12-5-3-11(4-6-12)21-17(25)13-7-10(19)8-14-16(13)23-18(27)22-14/h3-8H,2,9H2,1H3,(H,20,24)(H,21,25)(H2,22,23,27). The number of aromatic nitrogens is 2. The molecule has 0 spiro atoms. The van der Waals surface area contributed by atoms with E-state index >= 15 is 0 Å². The third-order valence-corrected chi connectivity index (χ3v) is 3.89. The van der Waals surface area contributed by atoms with Crippen LogP contribution >= 0.6 is 12.2 Å². The topological polar surface area (TPSA) is 99.0 Å². The van der Waals surface area contributed by atoms with Crippen molar-refractivity contribution < 1.29 is 18.7 Å². The van der Waals surface area contributed by atoms with E-state index in [4.69, 9.17) is 17.0 Å². The molecule has 2 amide bonds. The first-order valence-electron chi connectivity index (χ1n) is 8.18. The zero-order chi connectivity index (χ0) is 19.4. The Labute approximate surface area is 158 Å². The molecule has 0 aliphatic carbocycles. The second-order valence-electron chi connectivity index (χ2n) is 5.68. The number of amides is 2. The number of carbonyl (C=O) groups is 2. The smallest absolute Gasteiger partial charge is 0.257 e. The van der Waals surface area contributed by atoms with Gasteiger partial charge in [0.05, 0.1) is 16.6 Å². The number of halogens is 1. The molecule has 0 fully saturated rings. The highest BCUT2D eigenvalue weighted by molar-refractivity contribution is 7.71. The quantitative estimate of drug-likeness (QED) is 0.488. The summed E-state index contributed by atoms with van der Waals surface area (Å²) in [6.45, 7) is 2.27. The lowest BCUT2D eigenvalue weighted by Gasteiger charge is -2.09. The van der Waals surface area contributed by atoms with Crippen LogP contribution in [-0.4, -0.2) is 34.9 Å². The summed E-state index contributed by atoms with van der Waals surface area (Å²) in [5.41, 5.74) is 1.48. The Morgan fingerprint density at radius 2 is 1.93 bits per heavy atom. The van der Waals surface area contributed by atoms with Crippen molar-refractivity contribution in [2.75, 3.05) is 18.5 Å². The minimum absolute atomic E-state index is 0.0897. The molecule has 1 heterocycles. The molecule has 27 heavy (non-hydrogen) atoms. The van der Waals surface area contributed by atoms with Gasteiger partial charge in [-0.25, -0.2) is 4.39 Å². The Morgan fingerprint density at radius 1 is 1.19 bits per heavy atom. The number of rotatable bonds is 6. The second-order valence-corrected chi connectivity index (χ2v) is 6.08. The number of nitrogens with one attached hydrogen (secondary N) is 4. The zero-order valence-corrected chi connectivity index (χ0v) is 15.2. The SMILES string of the molecule is CCNC(=O)COc1ccc(NC(=O)c2cc(F)cc3[nH]c(=S)[nH]c23)cc1. The maximum Gasteiger partial charge on any atom is 0.257 e. The first-order valence-corrected chi connectivity index (χ1v) is 8.59. The minimum atomic E-state index is -0.549. The average Bonchev–Trinajstić information content (AvgIpc) is 3.00. The van der Waals surface area contributed by atoms with Crippen molar-refractivity contribution in [3.63, 3.8) is 0 Å². The van der Waals surface area contributed by atoms with Crippen molar-refractivity contribution in [1.82, 2.24) is 15.3 Å². The molecule has 7 nitrogen and oxygen atoms in total. The van der Waals surface area contributed by atoms with E-state index in [0.29, 0.717) is 33.8 Å². The number of aromatic amines is 2. The van der Waals surface area contributed by atoms with Gasteiger partial charge in [-0.15, -0.1) is 0 Å². The van der Waals surface area contributed by atoms with E-state index in [1.54, 1.807) is 24.3 Å². The summed E-state index contributed by atoms with van der Waals surface area (Å²) in [6.07, 6.45) is 0. The number of ether oxygens (including phenoxy) is 1. The molecule has 0 bridgehead atoms. The molecular formula is C18H17FN4O3S. The number of imidazole rings is 1. The van der Waals surface area contributed by atoms with Crippen LogP contribution in [0.3, 0.4) is 0 Å². The largest absolute Gasteiger partial charge is 0.484 e. The number of hydrogen-bond acceptors (Lipinski definition) is 4. The van der Waals surface area contributed by atoms with Gasteiger partial charge >= 0.3 is 0 Å². The first kappa shape index (κ1) is 18.6. The molecule has 4 N–H and O–H groups in total. The summed E-state index contributed by atoms with van der Waals surface area (Å²) in [7, 11) is 0. The number of likely N-dealkylation sites (N-methyl/N-ethyl adjacent to an activating group) is 1. The van der Waals surface area contributed by atoms with Gasteiger partial charge in [-0.3, -0.25) is 9.59 Å². The predicted octanol–water partition coefficient (Wildman–Crippen LogP) is 3.13. The third-order valence-electron chi connectivity index (χ3n) is 3.69. The lowest BCUT2D eigenvalue weighted by molar-refractivity contribution is -0.122. The number of anilines is 1. The van der Waals surface area contributed by atoms with E-state index in [1.165, 1.54) is 6.07 Å². The predicted molar refractivity (Wildman–Crippen MR) is 102 cm³/mol. The highest BCUT2D eigenvalue weighted by Gasteiger charge is 2.14. The van der Waals surface area contributed by atoms with E-state index in [0.717, 1.165) is 6.07 Å². The van der Waals surface area contributed by atoms with Gasteiger partial charge in [0.2, 0.25) is 0 Å². The molecule has 140 valence electrons. The van der Waals surface area contributed by atoms with Crippen LogP contribution in [0.4, 0.5) is 10.1 Å². The lowest BCUT2D eigenvalue weighted by atomic mass is 10.1. The summed E-state index contributed by atoms with van der Waals surface area (Å²) in [5.74, 6) is -0.760. The third kappa shape index (κ3) is 4.50. The fraction of sp³-hybridized carbons (Fsp3) is 0.167. The molecule has 0 radical (unpaired) electrons. The average molecular weight is 388 g/mol. The van der Waals surface area contributed by atoms with Gasteiger partial charge in [-0.05, 0) is 55.5 Å². The van der Waals surface area contributed by atoms with Crippen LogP contribution < -0.4 is 15.4 Å². The minimum Gasteiger partial charge on any atom is -0.484 e. The fourth-order valence-corrected chi connectivity index (χ4v) is 2.73. The van der Waals surface area contributed by atoms with Crippen molar-refractivity contribution in [2.45, 2.75) is 6.92 Å². The molecule has 0 unspecified atom stereocenters. The van der Waals surface area contributed by atoms with Gasteiger partial charge in [0.25, 0.3) is 11.8 Å². The van der Waals surface area contributed by atoms with E-state index in [-0.39, 0.29) is 18.1 Å². The van der Waals surface area contributed by atoms with E-state index < -0.39 is 11.7 Å². The van der Waals surface area contributed by atoms with Crippen LogP contribution in [0.1, 0.15) is 17.3 Å². The van der Waals surface area contributed by atoms with Crippen molar-refractivity contribution in [3.8, 4) is 5.75 Å². The number of benzene rings is 2. The maximum absolute atomic E-state index is 13.8. The van der Waals surface area contributed by atoms with Gasteiger partial charge in [-0.2, -0.15) is 0 Å². The lowest BCUT2D eigenvalue weighted by Crippen LogP contribution is -2.28. The summed E-state index contributed by atoms with van der Waals surface area (Å²) in [6, 6.07) is 8.90. The highest BCUT2D eigenvalue weighted by Crippen LogP contribution is 2.21. The van der Waals surface area contributed by atoms with Crippen molar-refractivity contribution >= 4 is 40.8 Å². The van der Waals surface area contributed by atoms with Gasteiger partial charge in [0, 0.05) is 12.2 Å². The summed E-state index contributed by atoms with van der Waals surface area (Å²) in [5, 5.41) is 5.32. The highest BCUT2D eigenvalue weighted by atomic mass is 32.1.